The van der Waals surface area contributed by atoms with E-state index in [1.165, 1.54) is 0 Å². The second-order valence-corrected chi connectivity index (χ2v) is 6.46. The maximum atomic E-state index is 12.6. The Balaban J connectivity index is 1.70. The predicted molar refractivity (Wildman–Crippen MR) is 114 cm³/mol. The fourth-order valence-electron chi connectivity index (χ4n) is 2.98. The van der Waals surface area contributed by atoms with E-state index in [1.807, 2.05) is 25.1 Å². The second kappa shape index (κ2) is 10.3. The lowest BCUT2D eigenvalue weighted by molar-refractivity contribution is 0.0979. The zero-order valence-electron chi connectivity index (χ0n) is 17.2. The lowest BCUT2D eigenvalue weighted by Gasteiger charge is -2.10. The molecule has 3 rings (SSSR count). The molecule has 6 nitrogen and oxygen atoms in total. The normalized spacial score (nSPS) is 10.5. The molecule has 0 saturated heterocycles. The minimum Gasteiger partial charge on any atom is -0.493 e. The number of hydrogen-bond donors (Lipinski definition) is 0. The van der Waals surface area contributed by atoms with Crippen LogP contribution in [0.2, 0.25) is 0 Å². The van der Waals surface area contributed by atoms with Crippen molar-refractivity contribution < 1.29 is 23.4 Å². The van der Waals surface area contributed by atoms with Crippen molar-refractivity contribution in [2.24, 2.45) is 0 Å². The fraction of sp³-hybridized carbons (Fsp3) is 0.250. The zero-order valence-corrected chi connectivity index (χ0v) is 17.2. The summed E-state index contributed by atoms with van der Waals surface area (Å²) < 4.78 is 22.1. The maximum absolute atomic E-state index is 12.6. The molecular weight excluding hydrogens is 382 g/mol. The van der Waals surface area contributed by atoms with E-state index in [2.05, 4.69) is 11.6 Å². The minimum atomic E-state index is 0.00755. The summed E-state index contributed by atoms with van der Waals surface area (Å²) in [5.74, 6) is 2.27. The number of methoxy groups -OCH3 is 1. The van der Waals surface area contributed by atoms with Gasteiger partial charge in [-0.15, -0.1) is 0 Å². The Morgan fingerprint density at radius 3 is 2.73 bits per heavy atom. The number of aromatic nitrogens is 1. The molecular formula is C24H25NO5. The first kappa shape index (κ1) is 21.2. The van der Waals surface area contributed by atoms with Crippen LogP contribution in [0, 0.1) is 0 Å². The number of ether oxygens (including phenoxy) is 3. The zero-order chi connectivity index (χ0) is 21.3. The Kier molecular flexibility index (Phi) is 7.27. The molecule has 2 aromatic carbocycles. The van der Waals surface area contributed by atoms with E-state index in [-0.39, 0.29) is 5.78 Å². The van der Waals surface area contributed by atoms with Crippen molar-refractivity contribution in [2.45, 2.75) is 19.8 Å². The molecule has 1 aromatic heterocycles. The smallest absolute Gasteiger partial charge is 0.226 e. The highest BCUT2D eigenvalue weighted by Crippen LogP contribution is 2.32. The van der Waals surface area contributed by atoms with E-state index in [0.29, 0.717) is 60.5 Å². The van der Waals surface area contributed by atoms with Crippen LogP contribution in [0.25, 0.3) is 11.5 Å². The van der Waals surface area contributed by atoms with Gasteiger partial charge in [0.25, 0.3) is 0 Å². The highest BCUT2D eigenvalue weighted by atomic mass is 16.5. The van der Waals surface area contributed by atoms with Crippen LogP contribution >= 0.6 is 0 Å². The number of aryl methyl sites for hydroxylation is 1. The van der Waals surface area contributed by atoms with Crippen LogP contribution in [0.3, 0.4) is 0 Å². The first-order valence-corrected chi connectivity index (χ1v) is 9.77. The largest absolute Gasteiger partial charge is 0.493 e. The van der Waals surface area contributed by atoms with E-state index < -0.39 is 0 Å². The number of benzene rings is 2. The van der Waals surface area contributed by atoms with Gasteiger partial charge in [-0.1, -0.05) is 24.8 Å². The van der Waals surface area contributed by atoms with Gasteiger partial charge in [0, 0.05) is 18.4 Å². The van der Waals surface area contributed by atoms with Gasteiger partial charge in [-0.05, 0) is 37.3 Å². The average Bonchev–Trinajstić information content (AvgIpc) is 3.25. The van der Waals surface area contributed by atoms with Gasteiger partial charge in [-0.25, -0.2) is 4.98 Å². The summed E-state index contributed by atoms with van der Waals surface area (Å²) in [6, 6.07) is 12.7. The summed E-state index contributed by atoms with van der Waals surface area (Å²) in [5.41, 5.74) is 2.05. The third kappa shape index (κ3) is 5.08. The summed E-state index contributed by atoms with van der Waals surface area (Å²) >= 11 is 0. The van der Waals surface area contributed by atoms with E-state index in [4.69, 9.17) is 18.6 Å². The minimum absolute atomic E-state index is 0.00755. The van der Waals surface area contributed by atoms with Gasteiger partial charge in [-0.3, -0.25) is 4.79 Å². The molecule has 0 saturated carbocycles. The van der Waals surface area contributed by atoms with Crippen LogP contribution in [-0.4, -0.2) is 31.1 Å². The Labute approximate surface area is 176 Å². The summed E-state index contributed by atoms with van der Waals surface area (Å²) in [4.78, 5) is 17.1. The van der Waals surface area contributed by atoms with Crippen LogP contribution < -0.4 is 14.2 Å². The number of ketones is 1. The number of carbonyl (C=O) groups is 1. The first-order chi connectivity index (χ1) is 14.7. The Morgan fingerprint density at radius 1 is 1.13 bits per heavy atom. The van der Waals surface area contributed by atoms with Gasteiger partial charge in [0.15, 0.2) is 17.3 Å². The molecule has 0 spiro atoms. The number of Topliss-reactive ketones (excluding diaryl/α,β-unsaturated/α-hetero) is 1. The van der Waals surface area contributed by atoms with E-state index in [9.17, 15) is 4.79 Å². The lowest BCUT2D eigenvalue weighted by atomic mass is 10.0. The van der Waals surface area contributed by atoms with Crippen molar-refractivity contribution >= 4 is 5.78 Å². The van der Waals surface area contributed by atoms with Crippen LogP contribution in [0.4, 0.5) is 0 Å². The first-order valence-electron chi connectivity index (χ1n) is 9.77. The van der Waals surface area contributed by atoms with Gasteiger partial charge in [0.1, 0.15) is 18.6 Å². The Bertz CT molecular complexity index is 1010. The molecule has 0 aliphatic carbocycles. The van der Waals surface area contributed by atoms with E-state index in [0.717, 1.165) is 5.56 Å². The standard InChI is InChI=1S/C24H25NO5/c1-4-14-29-23-15-17(10-13-22(23)27-3)24-25-18(16-30-24)11-12-20(26)19-8-6-7-9-21(19)28-5-2/h4,6-10,13,15-16H,1,5,11-12,14H2,2-3H3. The molecule has 0 aliphatic heterocycles. The van der Waals surface area contributed by atoms with Crippen molar-refractivity contribution in [1.29, 1.82) is 0 Å². The van der Waals surface area contributed by atoms with E-state index in [1.54, 1.807) is 43.7 Å². The molecule has 3 aromatic rings. The summed E-state index contributed by atoms with van der Waals surface area (Å²) in [5, 5.41) is 0. The number of oxazole rings is 1. The van der Waals surface area contributed by atoms with Crippen LogP contribution in [0.15, 0.2) is 65.8 Å². The molecule has 0 unspecified atom stereocenters. The van der Waals surface area contributed by atoms with Gasteiger partial charge in [-0.2, -0.15) is 0 Å². The van der Waals surface area contributed by atoms with Crippen LogP contribution in [0.5, 0.6) is 17.2 Å². The van der Waals surface area contributed by atoms with Gasteiger partial charge < -0.3 is 18.6 Å². The highest BCUT2D eigenvalue weighted by Gasteiger charge is 2.15. The highest BCUT2D eigenvalue weighted by molar-refractivity contribution is 5.98. The number of rotatable bonds is 11. The third-order valence-corrected chi connectivity index (χ3v) is 4.41. The molecule has 156 valence electrons. The number of nitrogens with zero attached hydrogens (tertiary/aromatic N) is 1. The van der Waals surface area contributed by atoms with Crippen molar-refractivity contribution in [3.05, 3.63) is 72.6 Å². The van der Waals surface area contributed by atoms with Crippen molar-refractivity contribution in [1.82, 2.24) is 4.98 Å². The van der Waals surface area contributed by atoms with Crippen molar-refractivity contribution in [3.63, 3.8) is 0 Å². The Hall–Kier alpha value is -3.54. The third-order valence-electron chi connectivity index (χ3n) is 4.41. The molecule has 0 bridgehead atoms. The molecule has 0 N–H and O–H groups in total. The predicted octanol–water partition coefficient (Wildman–Crippen LogP) is 5.13. The lowest BCUT2D eigenvalue weighted by Crippen LogP contribution is -2.05. The van der Waals surface area contributed by atoms with E-state index >= 15 is 0 Å². The monoisotopic (exact) mass is 407 g/mol. The topological polar surface area (TPSA) is 70.8 Å². The molecule has 30 heavy (non-hydrogen) atoms. The average molecular weight is 407 g/mol. The maximum Gasteiger partial charge on any atom is 0.226 e. The fourth-order valence-corrected chi connectivity index (χ4v) is 2.98. The van der Waals surface area contributed by atoms with Crippen molar-refractivity contribution in [2.75, 3.05) is 20.3 Å². The summed E-state index contributed by atoms with van der Waals surface area (Å²) in [6.07, 6.45) is 4.02. The van der Waals surface area contributed by atoms with Crippen molar-refractivity contribution in [3.8, 4) is 28.7 Å². The molecule has 0 fully saturated rings. The molecule has 1 heterocycles. The molecule has 6 heteroatoms. The summed E-state index contributed by atoms with van der Waals surface area (Å²) in [7, 11) is 1.58. The number of hydrogen-bond acceptors (Lipinski definition) is 6. The molecule has 0 aliphatic rings. The molecule has 0 radical (unpaired) electrons. The molecule has 0 atom stereocenters. The van der Waals surface area contributed by atoms with Gasteiger partial charge in [0.2, 0.25) is 5.89 Å². The van der Waals surface area contributed by atoms with Crippen LogP contribution in [-0.2, 0) is 6.42 Å². The van der Waals surface area contributed by atoms with Gasteiger partial charge >= 0.3 is 0 Å². The second-order valence-electron chi connectivity index (χ2n) is 6.46. The SMILES string of the molecule is C=CCOc1cc(-c2nc(CCC(=O)c3ccccc3OCC)co2)ccc1OC. The number of carbonyl (C=O) groups excluding carboxylic acids is 1. The molecule has 0 amide bonds. The number of para-hydroxylation sites is 1. The quantitative estimate of drug-likeness (QED) is 0.324. The Morgan fingerprint density at radius 2 is 1.97 bits per heavy atom. The van der Waals surface area contributed by atoms with Crippen LogP contribution in [0.1, 0.15) is 29.4 Å². The van der Waals surface area contributed by atoms with Gasteiger partial charge in [0.05, 0.1) is 25.0 Å². The summed E-state index contributed by atoms with van der Waals surface area (Å²) in [6.45, 7) is 6.42.